The Labute approximate surface area is 237 Å². The van der Waals surface area contributed by atoms with Gasteiger partial charge in [0.1, 0.15) is 0 Å². The Hall–Kier alpha value is 0.359. The van der Waals surface area contributed by atoms with Crippen molar-refractivity contribution in [1.82, 2.24) is 0 Å². The fourth-order valence-corrected chi connectivity index (χ4v) is 6.99. The van der Waals surface area contributed by atoms with Gasteiger partial charge in [-0.15, -0.1) is 0 Å². The molecule has 0 aliphatic rings. The van der Waals surface area contributed by atoms with E-state index in [9.17, 15) is 9.59 Å². The first-order valence-corrected chi connectivity index (χ1v) is 18.6. The van der Waals surface area contributed by atoms with Crippen molar-refractivity contribution in [2.24, 2.45) is 0 Å². The maximum absolute atomic E-state index is 10.9. The molecule has 0 bridgehead atoms. The smallest absolute Gasteiger partial charge is 0.306 e. The van der Waals surface area contributed by atoms with Gasteiger partial charge in [-0.25, -0.2) is 0 Å². The van der Waals surface area contributed by atoms with Gasteiger partial charge in [-0.2, -0.15) is 25.3 Å². The molecule has 0 aromatic carbocycles. The number of hydrogen-bond donors (Lipinski definition) is 2. The average Bonchev–Trinajstić information content (AvgIpc) is 2.81. The summed E-state index contributed by atoms with van der Waals surface area (Å²) in [6, 6.07) is 0. The van der Waals surface area contributed by atoms with Gasteiger partial charge in [-0.05, 0) is 27.7 Å². The Bertz CT molecular complexity index is 406. The zero-order chi connectivity index (χ0) is 27.2. The number of rotatable bonds is 20. The number of unbranched alkanes of at least 4 members (excludes halogenated alkanes) is 2. The Morgan fingerprint density at radius 2 is 1.09 bits per heavy atom. The Kier molecular flexibility index (Phi) is 39.1. The first-order valence-electron chi connectivity index (χ1n) is 13.3. The van der Waals surface area contributed by atoms with Crippen LogP contribution in [0.4, 0.5) is 0 Å². The van der Waals surface area contributed by atoms with Crippen LogP contribution in [-0.4, -0.2) is 83.2 Å². The van der Waals surface area contributed by atoms with Crippen LogP contribution in [0, 0.1) is 0 Å². The van der Waals surface area contributed by atoms with Crippen LogP contribution in [0.2, 0.25) is 8.87 Å². The number of thiol groups is 2. The Morgan fingerprint density at radius 3 is 1.37 bits per heavy atom. The maximum atomic E-state index is 10.9. The van der Waals surface area contributed by atoms with Crippen molar-refractivity contribution in [3.63, 3.8) is 0 Å². The molecular formula is C26H54O6S2Sn. The first kappa shape index (κ1) is 39.9. The van der Waals surface area contributed by atoms with Gasteiger partial charge in [0, 0.05) is 37.6 Å². The molecule has 0 saturated carbocycles. The van der Waals surface area contributed by atoms with Gasteiger partial charge < -0.3 is 18.9 Å². The van der Waals surface area contributed by atoms with Gasteiger partial charge in [0.05, 0.1) is 38.3 Å². The number of ether oxygens (including phenoxy) is 4. The van der Waals surface area contributed by atoms with Crippen molar-refractivity contribution in [2.45, 2.75) is 114 Å². The molecule has 0 spiro atoms. The standard InChI is InChI=1S/2C9H18O3S.2C4H9.Sn/c2*1-3-11-8(2)4-6-12-9(10)5-7-13;2*1-3-4-2;/h2*8,13H,3-7H2,1-2H3;2*1,3-4H2,2H3;. The van der Waals surface area contributed by atoms with E-state index in [1.54, 1.807) is 8.87 Å². The zero-order valence-electron chi connectivity index (χ0n) is 23.3. The summed E-state index contributed by atoms with van der Waals surface area (Å²) in [5.74, 6) is 0.720. The van der Waals surface area contributed by atoms with Gasteiger partial charge in [0.2, 0.25) is 0 Å². The monoisotopic (exact) mass is 646 g/mol. The Balaban J connectivity index is -0.000000448. The van der Waals surface area contributed by atoms with E-state index in [1.165, 1.54) is 25.7 Å². The summed E-state index contributed by atoms with van der Waals surface area (Å²) < 4.78 is 23.7. The molecule has 0 heterocycles. The van der Waals surface area contributed by atoms with Crippen LogP contribution < -0.4 is 0 Å². The largest absolute Gasteiger partial charge is 0.466 e. The summed E-state index contributed by atoms with van der Waals surface area (Å²) in [5, 5.41) is 0. The van der Waals surface area contributed by atoms with Crippen LogP contribution in [0.3, 0.4) is 0 Å². The fourth-order valence-electron chi connectivity index (χ4n) is 2.47. The summed E-state index contributed by atoms with van der Waals surface area (Å²) in [5.41, 5.74) is 0. The minimum absolute atomic E-state index is 0.149. The minimum atomic E-state index is -0.182. The minimum Gasteiger partial charge on any atom is -0.466 e. The van der Waals surface area contributed by atoms with E-state index in [-0.39, 0.29) is 45.3 Å². The summed E-state index contributed by atoms with van der Waals surface area (Å²) >= 11 is 8.01. The van der Waals surface area contributed by atoms with Crippen LogP contribution in [-0.2, 0) is 28.5 Å². The zero-order valence-corrected chi connectivity index (χ0v) is 28.0. The predicted molar refractivity (Wildman–Crippen MR) is 155 cm³/mol. The molecule has 0 aliphatic carbocycles. The summed E-state index contributed by atoms with van der Waals surface area (Å²) in [6.07, 6.45) is 8.44. The molecule has 0 rings (SSSR count). The quantitative estimate of drug-likeness (QED) is 0.0686. The summed E-state index contributed by atoms with van der Waals surface area (Å²) in [4.78, 5) is 21.7. The molecule has 0 fully saturated rings. The van der Waals surface area contributed by atoms with Crippen LogP contribution in [0.15, 0.2) is 0 Å². The molecule has 210 valence electrons. The SMILES string of the molecule is CCC[CH2][Sn][CH2]CCC.CCOC(C)CCOC(=O)CCS.CCOC(C)CCOC(=O)CCS. The van der Waals surface area contributed by atoms with E-state index in [0.29, 0.717) is 50.8 Å². The molecule has 2 atom stereocenters. The third kappa shape index (κ3) is 39.0. The molecule has 0 aromatic heterocycles. The van der Waals surface area contributed by atoms with Crippen LogP contribution >= 0.6 is 25.3 Å². The van der Waals surface area contributed by atoms with Crippen LogP contribution in [0.5, 0.6) is 0 Å². The van der Waals surface area contributed by atoms with Crippen molar-refractivity contribution in [2.75, 3.05) is 37.9 Å². The second kappa shape index (κ2) is 34.4. The van der Waals surface area contributed by atoms with Crippen molar-refractivity contribution >= 4 is 58.3 Å². The molecule has 0 N–H and O–H groups in total. The third-order valence-corrected chi connectivity index (χ3v) is 9.01. The molecule has 6 nitrogen and oxygen atoms in total. The first-order chi connectivity index (χ1) is 16.8. The molecule has 0 aliphatic heterocycles. The fraction of sp³-hybridized carbons (Fsp3) is 0.923. The predicted octanol–water partition coefficient (Wildman–Crippen LogP) is 6.46. The second-order valence-corrected chi connectivity index (χ2v) is 13.1. The number of hydrogen-bond acceptors (Lipinski definition) is 8. The number of carbonyl (C=O) groups excluding carboxylic acids is 2. The van der Waals surface area contributed by atoms with E-state index in [0.717, 1.165) is 12.8 Å². The summed E-state index contributed by atoms with van der Waals surface area (Å²) in [7, 11) is 0. The Morgan fingerprint density at radius 1 is 0.714 bits per heavy atom. The van der Waals surface area contributed by atoms with Gasteiger partial charge in [0.15, 0.2) is 0 Å². The molecule has 0 aromatic rings. The molecule has 9 heteroatoms. The molecule has 0 saturated heterocycles. The van der Waals surface area contributed by atoms with E-state index >= 15 is 0 Å². The third-order valence-electron chi connectivity index (χ3n) is 4.52. The number of esters is 2. The van der Waals surface area contributed by atoms with E-state index in [1.807, 2.05) is 27.7 Å². The van der Waals surface area contributed by atoms with Gasteiger partial charge >= 0.3 is 81.5 Å². The van der Waals surface area contributed by atoms with Crippen LogP contribution in [0.1, 0.15) is 92.9 Å². The molecule has 0 amide bonds. The van der Waals surface area contributed by atoms with E-state index in [2.05, 4.69) is 39.1 Å². The topological polar surface area (TPSA) is 71.1 Å². The number of carbonyl (C=O) groups is 2. The van der Waals surface area contributed by atoms with Crippen molar-refractivity contribution in [3.05, 3.63) is 0 Å². The van der Waals surface area contributed by atoms with Crippen molar-refractivity contribution < 1.29 is 28.5 Å². The molecule has 2 radical (unpaired) electrons. The van der Waals surface area contributed by atoms with Gasteiger partial charge in [0.25, 0.3) is 0 Å². The molecule has 2 unspecified atom stereocenters. The maximum Gasteiger partial charge on any atom is 0.306 e. The second-order valence-electron chi connectivity index (χ2n) is 7.95. The van der Waals surface area contributed by atoms with Gasteiger partial charge in [-0.1, -0.05) is 0 Å². The van der Waals surface area contributed by atoms with Crippen molar-refractivity contribution in [3.8, 4) is 0 Å². The molecule has 35 heavy (non-hydrogen) atoms. The normalized spacial score (nSPS) is 11.9. The van der Waals surface area contributed by atoms with Crippen molar-refractivity contribution in [1.29, 1.82) is 0 Å². The van der Waals surface area contributed by atoms with E-state index < -0.39 is 0 Å². The van der Waals surface area contributed by atoms with Gasteiger partial charge in [-0.3, -0.25) is 9.59 Å². The van der Waals surface area contributed by atoms with Crippen LogP contribution in [0.25, 0.3) is 0 Å². The van der Waals surface area contributed by atoms with E-state index in [4.69, 9.17) is 18.9 Å². The molecular weight excluding hydrogens is 591 g/mol. The summed E-state index contributed by atoms with van der Waals surface area (Å²) in [6.45, 7) is 14.7. The average molecular weight is 646 g/mol.